The fourth-order valence-electron chi connectivity index (χ4n) is 1.22. The Morgan fingerprint density at radius 3 is 2.53 bits per heavy atom. The molecule has 0 aromatic rings. The monoisotopic (exact) mass is 286 g/mol. The zero-order valence-corrected chi connectivity index (χ0v) is 12.7. The third-order valence-corrected chi connectivity index (χ3v) is 2.63. The molecule has 108 valence electrons. The van der Waals surface area contributed by atoms with E-state index >= 15 is 0 Å². The number of amides is 2. The second-order valence-electron chi connectivity index (χ2n) is 4.90. The molecule has 0 heterocycles. The van der Waals surface area contributed by atoms with Crippen molar-refractivity contribution in [3.63, 3.8) is 0 Å². The molecule has 19 heavy (non-hydrogen) atoms. The quantitative estimate of drug-likeness (QED) is 0.724. The van der Waals surface area contributed by atoms with Gasteiger partial charge in [0.2, 0.25) is 5.91 Å². The first kappa shape index (κ1) is 17.6. The highest BCUT2D eigenvalue weighted by Gasteiger charge is 2.23. The third kappa shape index (κ3) is 9.25. The number of carbonyl (C=O) groups is 2. The number of rotatable bonds is 6. The van der Waals surface area contributed by atoms with Crippen molar-refractivity contribution in [3.05, 3.63) is 0 Å². The fraction of sp³-hybridized carbons (Fsp3) is 0.692. The molecule has 0 aliphatic rings. The number of alkyl carbamates (subject to hydrolysis) is 1. The summed E-state index contributed by atoms with van der Waals surface area (Å²) in [6, 6.07) is -0.629. The van der Waals surface area contributed by atoms with E-state index in [4.69, 9.17) is 11.2 Å². The number of ether oxygens (including phenoxy) is 1. The number of hydrogen-bond acceptors (Lipinski definition) is 4. The summed E-state index contributed by atoms with van der Waals surface area (Å²) >= 11 is 1.60. The van der Waals surface area contributed by atoms with Crippen LogP contribution in [0.4, 0.5) is 4.79 Å². The largest absolute Gasteiger partial charge is 0.444 e. The van der Waals surface area contributed by atoms with Crippen molar-refractivity contribution in [1.82, 2.24) is 10.6 Å². The lowest BCUT2D eigenvalue weighted by Crippen LogP contribution is -2.48. The maximum Gasteiger partial charge on any atom is 0.408 e. The fourth-order valence-corrected chi connectivity index (χ4v) is 1.69. The van der Waals surface area contributed by atoms with Crippen LogP contribution >= 0.6 is 11.8 Å². The first-order chi connectivity index (χ1) is 8.80. The van der Waals surface area contributed by atoms with Gasteiger partial charge in [-0.25, -0.2) is 4.79 Å². The Bertz CT molecular complexity index is 345. The smallest absolute Gasteiger partial charge is 0.408 e. The summed E-state index contributed by atoms with van der Waals surface area (Å²) in [5.74, 6) is 2.78. The van der Waals surface area contributed by atoms with Gasteiger partial charge in [0.25, 0.3) is 0 Å². The van der Waals surface area contributed by atoms with Crippen LogP contribution in [0.15, 0.2) is 0 Å². The van der Waals surface area contributed by atoms with E-state index in [-0.39, 0.29) is 12.5 Å². The second-order valence-corrected chi connectivity index (χ2v) is 5.89. The van der Waals surface area contributed by atoms with Gasteiger partial charge in [-0.15, -0.1) is 6.42 Å². The SMILES string of the molecule is C#CCNC(=O)[C@H](CCSC)NC(=O)OC(C)(C)C. The first-order valence-electron chi connectivity index (χ1n) is 5.99. The van der Waals surface area contributed by atoms with Crippen LogP contribution in [0.2, 0.25) is 0 Å². The molecular weight excluding hydrogens is 264 g/mol. The zero-order chi connectivity index (χ0) is 14.9. The summed E-state index contributed by atoms with van der Waals surface area (Å²) in [4.78, 5) is 23.5. The predicted molar refractivity (Wildman–Crippen MR) is 78.0 cm³/mol. The number of thioether (sulfide) groups is 1. The van der Waals surface area contributed by atoms with Crippen molar-refractivity contribution in [3.8, 4) is 12.3 Å². The van der Waals surface area contributed by atoms with E-state index < -0.39 is 17.7 Å². The lowest BCUT2D eigenvalue weighted by Gasteiger charge is -2.23. The second kappa shape index (κ2) is 8.70. The Kier molecular flexibility index (Phi) is 8.08. The van der Waals surface area contributed by atoms with E-state index in [0.29, 0.717) is 6.42 Å². The van der Waals surface area contributed by atoms with Crippen LogP contribution in [0.5, 0.6) is 0 Å². The number of carbonyl (C=O) groups excluding carboxylic acids is 2. The molecule has 0 aliphatic heterocycles. The van der Waals surface area contributed by atoms with Crippen LogP contribution in [0.25, 0.3) is 0 Å². The minimum Gasteiger partial charge on any atom is -0.444 e. The maximum absolute atomic E-state index is 11.8. The van der Waals surface area contributed by atoms with E-state index in [1.807, 2.05) is 6.26 Å². The molecule has 0 rings (SSSR count). The maximum atomic E-state index is 11.8. The molecule has 2 N–H and O–H groups in total. The third-order valence-electron chi connectivity index (χ3n) is 1.98. The topological polar surface area (TPSA) is 67.4 Å². The van der Waals surface area contributed by atoms with Crippen LogP contribution in [0.1, 0.15) is 27.2 Å². The Labute approximate surface area is 119 Å². The van der Waals surface area contributed by atoms with E-state index in [2.05, 4.69) is 16.6 Å². The molecule has 0 aromatic carbocycles. The highest BCUT2D eigenvalue weighted by molar-refractivity contribution is 7.98. The standard InChI is InChI=1S/C13H22N2O3S/c1-6-8-14-11(16)10(7-9-19-5)15-12(17)18-13(2,3)4/h1,10H,7-9H2,2-5H3,(H,14,16)(H,15,17)/t10-/m0/s1. The Morgan fingerprint density at radius 1 is 1.42 bits per heavy atom. The molecule has 0 bridgehead atoms. The van der Waals surface area contributed by atoms with Gasteiger partial charge in [-0.2, -0.15) is 11.8 Å². The molecule has 1 atom stereocenters. The van der Waals surface area contributed by atoms with Crippen molar-refractivity contribution >= 4 is 23.8 Å². The van der Waals surface area contributed by atoms with Gasteiger partial charge < -0.3 is 15.4 Å². The van der Waals surface area contributed by atoms with Crippen LogP contribution in [0.3, 0.4) is 0 Å². The predicted octanol–water partition coefficient (Wildman–Crippen LogP) is 1.38. The van der Waals surface area contributed by atoms with Gasteiger partial charge in [0.05, 0.1) is 6.54 Å². The molecule has 0 saturated carbocycles. The lowest BCUT2D eigenvalue weighted by atomic mass is 10.2. The molecule has 0 aliphatic carbocycles. The molecule has 0 saturated heterocycles. The van der Waals surface area contributed by atoms with Crippen molar-refractivity contribution in [2.24, 2.45) is 0 Å². The summed E-state index contributed by atoms with van der Waals surface area (Å²) < 4.78 is 5.13. The summed E-state index contributed by atoms with van der Waals surface area (Å²) in [7, 11) is 0. The first-order valence-corrected chi connectivity index (χ1v) is 7.39. The average Bonchev–Trinajstić information content (AvgIpc) is 2.29. The molecule has 6 heteroatoms. The number of hydrogen-bond donors (Lipinski definition) is 2. The average molecular weight is 286 g/mol. The van der Waals surface area contributed by atoms with E-state index in [9.17, 15) is 9.59 Å². The van der Waals surface area contributed by atoms with Gasteiger partial charge in [0.1, 0.15) is 11.6 Å². The van der Waals surface area contributed by atoms with Crippen LogP contribution in [-0.4, -0.2) is 42.2 Å². The summed E-state index contributed by atoms with van der Waals surface area (Å²) in [5.41, 5.74) is -0.594. The van der Waals surface area contributed by atoms with E-state index in [1.54, 1.807) is 32.5 Å². The van der Waals surface area contributed by atoms with Crippen molar-refractivity contribution in [2.45, 2.75) is 38.8 Å². The van der Waals surface area contributed by atoms with Gasteiger partial charge in [-0.3, -0.25) is 4.79 Å². The molecule has 0 fully saturated rings. The van der Waals surface area contributed by atoms with Crippen molar-refractivity contribution < 1.29 is 14.3 Å². The molecule has 0 unspecified atom stereocenters. The Hall–Kier alpha value is -1.35. The Morgan fingerprint density at radius 2 is 2.05 bits per heavy atom. The normalized spacial score (nSPS) is 12.2. The molecule has 5 nitrogen and oxygen atoms in total. The molecule has 0 radical (unpaired) electrons. The molecule has 0 aromatic heterocycles. The van der Waals surface area contributed by atoms with Crippen molar-refractivity contribution in [1.29, 1.82) is 0 Å². The summed E-state index contributed by atoms with van der Waals surface area (Å²) in [5, 5.41) is 5.12. The zero-order valence-electron chi connectivity index (χ0n) is 11.9. The number of terminal acetylenes is 1. The van der Waals surface area contributed by atoms with Crippen LogP contribution in [0, 0.1) is 12.3 Å². The minimum atomic E-state index is -0.629. The molecule has 2 amide bonds. The molecular formula is C13H22N2O3S. The minimum absolute atomic E-state index is 0.143. The van der Waals surface area contributed by atoms with Crippen LogP contribution in [-0.2, 0) is 9.53 Å². The van der Waals surface area contributed by atoms with Gasteiger partial charge >= 0.3 is 6.09 Å². The summed E-state index contributed by atoms with van der Waals surface area (Å²) in [6.07, 6.45) is 6.94. The van der Waals surface area contributed by atoms with E-state index in [1.165, 1.54) is 0 Å². The lowest BCUT2D eigenvalue weighted by molar-refractivity contribution is -0.123. The van der Waals surface area contributed by atoms with Gasteiger partial charge in [0, 0.05) is 0 Å². The summed E-state index contributed by atoms with van der Waals surface area (Å²) in [6.45, 7) is 5.44. The van der Waals surface area contributed by atoms with Gasteiger partial charge in [0.15, 0.2) is 0 Å². The van der Waals surface area contributed by atoms with Gasteiger partial charge in [-0.1, -0.05) is 5.92 Å². The van der Waals surface area contributed by atoms with Crippen molar-refractivity contribution in [2.75, 3.05) is 18.6 Å². The number of nitrogens with one attached hydrogen (secondary N) is 2. The Balaban J connectivity index is 4.46. The molecule has 0 spiro atoms. The highest BCUT2D eigenvalue weighted by Crippen LogP contribution is 2.08. The highest BCUT2D eigenvalue weighted by atomic mass is 32.2. The van der Waals surface area contributed by atoms with Crippen LogP contribution < -0.4 is 10.6 Å². The van der Waals surface area contributed by atoms with E-state index in [0.717, 1.165) is 5.75 Å². The van der Waals surface area contributed by atoms with Gasteiger partial charge in [-0.05, 0) is 39.2 Å².